The molecule has 0 spiro atoms. The molecule has 0 saturated heterocycles. The lowest BCUT2D eigenvalue weighted by Gasteiger charge is -2.22. The monoisotopic (exact) mass is 212 g/mol. The Bertz CT molecular complexity index is 340. The van der Waals surface area contributed by atoms with E-state index in [1.165, 1.54) is 31.3 Å². The normalized spacial score (nSPS) is 12.0. The van der Waals surface area contributed by atoms with E-state index in [1.807, 2.05) is 0 Å². The second-order valence-corrected chi connectivity index (χ2v) is 3.13. The van der Waals surface area contributed by atoms with Crippen LogP contribution in [0.5, 0.6) is 0 Å². The van der Waals surface area contributed by atoms with E-state index in [-0.39, 0.29) is 5.82 Å². The van der Waals surface area contributed by atoms with Gasteiger partial charge < -0.3 is 5.32 Å². The van der Waals surface area contributed by atoms with E-state index >= 15 is 0 Å². The molecule has 2 N–H and O–H groups in total. The predicted octanol–water partition coefficient (Wildman–Crippen LogP) is 1.92. The Balaban J connectivity index is 2.80. The molecule has 5 heteroatoms. The lowest BCUT2D eigenvalue weighted by atomic mass is 10.1. The van der Waals surface area contributed by atoms with Gasteiger partial charge >= 0.3 is 6.03 Å². The van der Waals surface area contributed by atoms with Crippen molar-refractivity contribution < 1.29 is 14.4 Å². The number of urea groups is 1. The summed E-state index contributed by atoms with van der Waals surface area (Å²) in [5.74, 6) is -0.351. The molecule has 1 rings (SSSR count). The summed E-state index contributed by atoms with van der Waals surface area (Å²) in [4.78, 5) is 11.1. The number of nitrogens with zero attached hydrogens (tertiary/aromatic N) is 1. The van der Waals surface area contributed by atoms with Gasteiger partial charge in [-0.1, -0.05) is 12.1 Å². The molecule has 0 radical (unpaired) electrons. The fraction of sp³-hybridized carbons (Fsp3) is 0.300. The Morgan fingerprint density at radius 2 is 2.00 bits per heavy atom. The highest BCUT2D eigenvalue weighted by atomic mass is 19.1. The van der Waals surface area contributed by atoms with Gasteiger partial charge in [-0.05, 0) is 24.6 Å². The molecule has 0 aliphatic rings. The zero-order valence-electron chi connectivity index (χ0n) is 8.57. The molecule has 2 amide bonds. The van der Waals surface area contributed by atoms with Crippen molar-refractivity contribution in [3.8, 4) is 0 Å². The summed E-state index contributed by atoms with van der Waals surface area (Å²) in [6.45, 7) is 1.64. The molecule has 1 unspecified atom stereocenters. The minimum absolute atomic E-state index is 0.351. The Kier molecular flexibility index (Phi) is 3.62. The molecule has 1 atom stereocenters. The third-order valence-electron chi connectivity index (χ3n) is 2.14. The molecule has 0 bridgehead atoms. The van der Waals surface area contributed by atoms with Crippen LogP contribution in [0.1, 0.15) is 18.5 Å². The number of carbonyl (C=O) groups is 1. The highest BCUT2D eigenvalue weighted by Crippen LogP contribution is 2.18. The van der Waals surface area contributed by atoms with Crippen LogP contribution in [0.25, 0.3) is 0 Å². The molecule has 15 heavy (non-hydrogen) atoms. The van der Waals surface area contributed by atoms with Crippen LogP contribution in [0.3, 0.4) is 0 Å². The lowest BCUT2D eigenvalue weighted by Crippen LogP contribution is -2.37. The second kappa shape index (κ2) is 4.75. The maximum Gasteiger partial charge on any atom is 0.341 e. The fourth-order valence-corrected chi connectivity index (χ4v) is 1.17. The van der Waals surface area contributed by atoms with Crippen LogP contribution < -0.4 is 5.32 Å². The van der Waals surface area contributed by atoms with E-state index < -0.39 is 12.1 Å². The molecular formula is C10H13FN2O2. The lowest BCUT2D eigenvalue weighted by molar-refractivity contribution is -0.0738. The smallest absolute Gasteiger partial charge is 0.339 e. The molecule has 4 nitrogen and oxygen atoms in total. The average Bonchev–Trinajstić information content (AvgIpc) is 2.27. The number of hydroxylamine groups is 2. The molecule has 0 aliphatic heterocycles. The summed E-state index contributed by atoms with van der Waals surface area (Å²) in [5, 5.41) is 12.3. The van der Waals surface area contributed by atoms with Gasteiger partial charge in [0.2, 0.25) is 0 Å². The van der Waals surface area contributed by atoms with Crippen molar-refractivity contribution in [1.82, 2.24) is 10.4 Å². The van der Waals surface area contributed by atoms with Crippen molar-refractivity contribution >= 4 is 6.03 Å². The van der Waals surface area contributed by atoms with Crippen molar-refractivity contribution in [3.63, 3.8) is 0 Å². The molecule has 1 aromatic rings. The SMILES string of the molecule is CNC(=O)N(O)C(C)c1ccc(F)cc1. The molecule has 1 aromatic carbocycles. The van der Waals surface area contributed by atoms with Gasteiger partial charge in [-0.25, -0.2) is 9.18 Å². The van der Waals surface area contributed by atoms with Gasteiger partial charge in [0.05, 0.1) is 6.04 Å². The summed E-state index contributed by atoms with van der Waals surface area (Å²) in [7, 11) is 1.42. The highest BCUT2D eigenvalue weighted by molar-refractivity contribution is 5.72. The van der Waals surface area contributed by atoms with Gasteiger partial charge in [-0.15, -0.1) is 0 Å². The Morgan fingerprint density at radius 3 is 2.47 bits per heavy atom. The summed E-state index contributed by atoms with van der Waals surface area (Å²) in [5.41, 5.74) is 0.655. The third-order valence-corrected chi connectivity index (χ3v) is 2.14. The third kappa shape index (κ3) is 2.66. The summed E-state index contributed by atoms with van der Waals surface area (Å²) in [6.07, 6.45) is 0. The molecule has 0 fully saturated rings. The van der Waals surface area contributed by atoms with Crippen LogP contribution in [-0.2, 0) is 0 Å². The number of benzene rings is 1. The summed E-state index contributed by atoms with van der Waals surface area (Å²) < 4.78 is 12.6. The number of halogens is 1. The van der Waals surface area contributed by atoms with Crippen molar-refractivity contribution in [2.45, 2.75) is 13.0 Å². The summed E-state index contributed by atoms with van der Waals surface area (Å²) in [6, 6.07) is 4.48. The van der Waals surface area contributed by atoms with Crippen LogP contribution in [0, 0.1) is 5.82 Å². The van der Waals surface area contributed by atoms with Gasteiger partial charge in [-0.3, -0.25) is 5.21 Å². The molecule has 0 heterocycles. The van der Waals surface area contributed by atoms with Crippen molar-refractivity contribution in [2.75, 3.05) is 7.05 Å². The van der Waals surface area contributed by atoms with Gasteiger partial charge in [0.1, 0.15) is 5.82 Å². The van der Waals surface area contributed by atoms with E-state index in [1.54, 1.807) is 6.92 Å². The Morgan fingerprint density at radius 1 is 1.47 bits per heavy atom. The van der Waals surface area contributed by atoms with Crippen LogP contribution in [-0.4, -0.2) is 23.3 Å². The standard InChI is InChI=1S/C10H13FN2O2/c1-7(13(15)10(14)12-2)8-3-5-9(11)6-4-8/h3-7,15H,1-2H3,(H,12,14). The first-order chi connectivity index (χ1) is 7.06. The maximum absolute atomic E-state index is 12.6. The predicted molar refractivity (Wildman–Crippen MR) is 52.9 cm³/mol. The van der Waals surface area contributed by atoms with Crippen LogP contribution in [0.15, 0.2) is 24.3 Å². The zero-order valence-corrected chi connectivity index (χ0v) is 8.57. The number of carbonyl (C=O) groups excluding carboxylic acids is 1. The van der Waals surface area contributed by atoms with Crippen molar-refractivity contribution in [3.05, 3.63) is 35.6 Å². The first-order valence-corrected chi connectivity index (χ1v) is 4.51. The van der Waals surface area contributed by atoms with Gasteiger partial charge in [0.25, 0.3) is 0 Å². The Hall–Kier alpha value is -1.62. The maximum atomic E-state index is 12.6. The highest BCUT2D eigenvalue weighted by Gasteiger charge is 2.18. The Labute approximate surface area is 87.3 Å². The second-order valence-electron chi connectivity index (χ2n) is 3.13. The topological polar surface area (TPSA) is 52.6 Å². The van der Waals surface area contributed by atoms with E-state index in [2.05, 4.69) is 5.32 Å². The fourth-order valence-electron chi connectivity index (χ4n) is 1.17. The number of hydrogen-bond acceptors (Lipinski definition) is 2. The molecule has 0 aliphatic carbocycles. The zero-order chi connectivity index (χ0) is 11.4. The van der Waals surface area contributed by atoms with Gasteiger partial charge in [-0.2, -0.15) is 5.06 Å². The molecule has 0 aromatic heterocycles. The van der Waals surface area contributed by atoms with Crippen molar-refractivity contribution in [2.24, 2.45) is 0 Å². The average molecular weight is 212 g/mol. The quantitative estimate of drug-likeness (QED) is 0.581. The van der Waals surface area contributed by atoms with Gasteiger partial charge in [0, 0.05) is 7.05 Å². The van der Waals surface area contributed by atoms with E-state index in [0.29, 0.717) is 10.6 Å². The molecule has 82 valence electrons. The minimum Gasteiger partial charge on any atom is -0.339 e. The largest absolute Gasteiger partial charge is 0.341 e. The molecule has 0 saturated carbocycles. The van der Waals surface area contributed by atoms with Crippen molar-refractivity contribution in [1.29, 1.82) is 0 Å². The molecular weight excluding hydrogens is 199 g/mol. The van der Waals surface area contributed by atoms with Crippen LogP contribution >= 0.6 is 0 Å². The number of nitrogens with one attached hydrogen (secondary N) is 1. The minimum atomic E-state index is -0.605. The number of hydrogen-bond donors (Lipinski definition) is 2. The van der Waals surface area contributed by atoms with E-state index in [0.717, 1.165) is 0 Å². The summed E-state index contributed by atoms with van der Waals surface area (Å²) >= 11 is 0. The van der Waals surface area contributed by atoms with Crippen LogP contribution in [0.2, 0.25) is 0 Å². The number of amides is 2. The van der Waals surface area contributed by atoms with Gasteiger partial charge in [0.15, 0.2) is 0 Å². The first kappa shape index (κ1) is 11.5. The van der Waals surface area contributed by atoms with Crippen LogP contribution in [0.4, 0.5) is 9.18 Å². The number of rotatable bonds is 2. The van der Waals surface area contributed by atoms with E-state index in [4.69, 9.17) is 0 Å². The van der Waals surface area contributed by atoms with E-state index in [9.17, 15) is 14.4 Å². The first-order valence-electron chi connectivity index (χ1n) is 4.51.